The molecule has 1 heterocycles. The van der Waals surface area contributed by atoms with Crippen molar-refractivity contribution in [3.05, 3.63) is 0 Å². The zero-order valence-corrected chi connectivity index (χ0v) is 12.8. The van der Waals surface area contributed by atoms with Crippen LogP contribution in [-0.2, 0) is 4.79 Å². The summed E-state index contributed by atoms with van der Waals surface area (Å²) < 4.78 is 0. The number of hydrogen-bond donors (Lipinski definition) is 2. The summed E-state index contributed by atoms with van der Waals surface area (Å²) in [6.45, 7) is 7.63. The molecule has 2 unspecified atom stereocenters. The van der Waals surface area contributed by atoms with Crippen molar-refractivity contribution in [3.8, 4) is 0 Å². The molecule has 0 saturated carbocycles. The van der Waals surface area contributed by atoms with Gasteiger partial charge in [0.15, 0.2) is 0 Å². The van der Waals surface area contributed by atoms with E-state index in [0.29, 0.717) is 4.99 Å². The third kappa shape index (κ3) is 4.40. The van der Waals surface area contributed by atoms with Gasteiger partial charge in [0.1, 0.15) is 0 Å². The Morgan fingerprint density at radius 1 is 1.11 bits per heavy atom. The highest BCUT2D eigenvalue weighted by molar-refractivity contribution is 7.80. The molecular weight excluding hydrogens is 260 g/mol. The van der Waals surface area contributed by atoms with Gasteiger partial charge >= 0.3 is 0 Å². The topological polar surface area (TPSA) is 75.6 Å². The summed E-state index contributed by atoms with van der Waals surface area (Å²) in [5.41, 5.74) is 11.3. The number of amides is 1. The van der Waals surface area contributed by atoms with Gasteiger partial charge in [0, 0.05) is 26.2 Å². The maximum absolute atomic E-state index is 11.4. The van der Waals surface area contributed by atoms with Gasteiger partial charge in [-0.3, -0.25) is 14.6 Å². The summed E-state index contributed by atoms with van der Waals surface area (Å²) in [6, 6.07) is 0.0485. The first-order chi connectivity index (χ1) is 9.01. The summed E-state index contributed by atoms with van der Waals surface area (Å²) in [4.78, 5) is 16.5. The van der Waals surface area contributed by atoms with E-state index in [4.69, 9.17) is 23.7 Å². The quantitative estimate of drug-likeness (QED) is 0.659. The third-order valence-electron chi connectivity index (χ3n) is 3.84. The molecule has 1 rings (SSSR count). The highest BCUT2D eigenvalue weighted by Crippen LogP contribution is 2.14. The second-order valence-corrected chi connectivity index (χ2v) is 5.58. The van der Waals surface area contributed by atoms with Crippen LogP contribution in [0.3, 0.4) is 0 Å². The summed E-state index contributed by atoms with van der Waals surface area (Å²) in [6.07, 6.45) is 2.84. The summed E-state index contributed by atoms with van der Waals surface area (Å²) in [5, 5.41) is 0. The first-order valence-electron chi connectivity index (χ1n) is 7.07. The van der Waals surface area contributed by atoms with E-state index in [9.17, 15) is 4.79 Å². The number of nitrogens with zero attached hydrogens (tertiary/aromatic N) is 2. The maximum atomic E-state index is 11.4. The molecule has 6 heteroatoms. The summed E-state index contributed by atoms with van der Waals surface area (Å²) >= 11 is 5.16. The van der Waals surface area contributed by atoms with Gasteiger partial charge in [-0.05, 0) is 12.8 Å². The van der Waals surface area contributed by atoms with Crippen LogP contribution in [0.2, 0.25) is 0 Å². The second-order valence-electron chi connectivity index (χ2n) is 5.11. The zero-order chi connectivity index (χ0) is 14.4. The Kier molecular flexibility index (Phi) is 6.68. The van der Waals surface area contributed by atoms with E-state index in [1.165, 1.54) is 0 Å². The number of nitrogens with two attached hydrogens (primary N) is 2. The fourth-order valence-electron chi connectivity index (χ4n) is 2.78. The Morgan fingerprint density at radius 2 is 1.58 bits per heavy atom. The lowest BCUT2D eigenvalue weighted by atomic mass is 10.1. The predicted octanol–water partition coefficient (Wildman–Crippen LogP) is 0.323. The molecule has 1 fully saturated rings. The number of primary amides is 1. The van der Waals surface area contributed by atoms with Crippen molar-refractivity contribution in [2.45, 2.75) is 45.2 Å². The van der Waals surface area contributed by atoms with Crippen molar-refractivity contribution in [3.63, 3.8) is 0 Å². The van der Waals surface area contributed by atoms with E-state index in [-0.39, 0.29) is 18.0 Å². The largest absolute Gasteiger partial charge is 0.392 e. The molecule has 0 radical (unpaired) electrons. The van der Waals surface area contributed by atoms with Gasteiger partial charge in [-0.25, -0.2) is 0 Å². The molecule has 0 aromatic heterocycles. The molecule has 1 amide bonds. The van der Waals surface area contributed by atoms with Crippen molar-refractivity contribution in [2.75, 3.05) is 26.2 Å². The molecule has 0 aromatic rings. The third-order valence-corrected chi connectivity index (χ3v) is 4.11. The van der Waals surface area contributed by atoms with Crippen LogP contribution in [0.25, 0.3) is 0 Å². The molecule has 4 N–H and O–H groups in total. The standard InChI is InChI=1S/C13H26N4OS/c1-3-5-11(13(15)19)17-8-6-16(7-9-17)10(4-2)12(14)18/h10-11H,3-9H2,1-2H3,(H2,14,18)(H2,15,19). The monoisotopic (exact) mass is 286 g/mol. The van der Waals surface area contributed by atoms with Crippen LogP contribution in [0.1, 0.15) is 33.1 Å². The first-order valence-corrected chi connectivity index (χ1v) is 7.48. The van der Waals surface area contributed by atoms with E-state index in [1.54, 1.807) is 0 Å². The smallest absolute Gasteiger partial charge is 0.234 e. The zero-order valence-electron chi connectivity index (χ0n) is 12.0. The van der Waals surface area contributed by atoms with Crippen LogP contribution in [0.15, 0.2) is 0 Å². The lowest BCUT2D eigenvalue weighted by Gasteiger charge is -2.41. The Morgan fingerprint density at radius 3 is 1.89 bits per heavy atom. The Bertz CT molecular complexity index is 316. The number of piperazine rings is 1. The molecule has 0 aliphatic carbocycles. The first kappa shape index (κ1) is 16.3. The molecule has 1 saturated heterocycles. The number of thiocarbonyl (C=S) groups is 1. The molecule has 0 bridgehead atoms. The molecule has 110 valence electrons. The SMILES string of the molecule is CCCC(C(N)=S)N1CCN(C(CC)C(N)=O)CC1. The average Bonchev–Trinajstić information content (AvgIpc) is 2.37. The number of carbonyl (C=O) groups excluding carboxylic acids is 1. The lowest BCUT2D eigenvalue weighted by molar-refractivity contribution is -0.124. The minimum absolute atomic E-state index is 0.142. The number of carbonyl (C=O) groups is 1. The highest BCUT2D eigenvalue weighted by atomic mass is 32.1. The van der Waals surface area contributed by atoms with Crippen LogP contribution in [0.4, 0.5) is 0 Å². The van der Waals surface area contributed by atoms with Crippen LogP contribution < -0.4 is 11.5 Å². The molecule has 0 spiro atoms. The minimum atomic E-state index is -0.226. The van der Waals surface area contributed by atoms with Gasteiger partial charge in [-0.15, -0.1) is 0 Å². The molecule has 1 aliphatic rings. The Labute approximate surface area is 121 Å². The molecule has 5 nitrogen and oxygen atoms in total. The summed E-state index contributed by atoms with van der Waals surface area (Å²) in [5.74, 6) is -0.226. The fourth-order valence-corrected chi connectivity index (χ4v) is 3.05. The van der Waals surface area contributed by atoms with Gasteiger partial charge < -0.3 is 11.5 Å². The molecule has 2 atom stereocenters. The van der Waals surface area contributed by atoms with Crippen LogP contribution in [-0.4, -0.2) is 59.0 Å². The normalized spacial score (nSPS) is 20.9. The van der Waals surface area contributed by atoms with Crippen molar-refractivity contribution in [1.29, 1.82) is 0 Å². The molecule has 19 heavy (non-hydrogen) atoms. The fraction of sp³-hybridized carbons (Fsp3) is 0.846. The number of rotatable bonds is 7. The Hall–Kier alpha value is -0.720. The van der Waals surface area contributed by atoms with E-state index >= 15 is 0 Å². The molecule has 0 aromatic carbocycles. The van der Waals surface area contributed by atoms with Gasteiger partial charge in [0.25, 0.3) is 0 Å². The van der Waals surface area contributed by atoms with Crippen molar-refractivity contribution >= 4 is 23.1 Å². The second kappa shape index (κ2) is 7.77. The minimum Gasteiger partial charge on any atom is -0.392 e. The maximum Gasteiger partial charge on any atom is 0.234 e. The summed E-state index contributed by atoms with van der Waals surface area (Å²) in [7, 11) is 0. The average molecular weight is 286 g/mol. The Balaban J connectivity index is 2.56. The lowest BCUT2D eigenvalue weighted by Crippen LogP contribution is -2.57. The van der Waals surface area contributed by atoms with Gasteiger partial charge in [0.05, 0.1) is 17.1 Å². The number of hydrogen-bond acceptors (Lipinski definition) is 4. The molecule has 1 aliphatic heterocycles. The van der Waals surface area contributed by atoms with E-state index < -0.39 is 0 Å². The predicted molar refractivity (Wildman–Crippen MR) is 81.9 cm³/mol. The van der Waals surface area contributed by atoms with Gasteiger partial charge in [0.2, 0.25) is 5.91 Å². The van der Waals surface area contributed by atoms with Crippen molar-refractivity contribution in [1.82, 2.24) is 9.80 Å². The van der Waals surface area contributed by atoms with Crippen LogP contribution >= 0.6 is 12.2 Å². The van der Waals surface area contributed by atoms with Crippen molar-refractivity contribution in [2.24, 2.45) is 11.5 Å². The van der Waals surface area contributed by atoms with E-state index in [1.807, 2.05) is 6.92 Å². The van der Waals surface area contributed by atoms with Crippen LogP contribution in [0, 0.1) is 0 Å². The van der Waals surface area contributed by atoms with E-state index in [0.717, 1.165) is 45.4 Å². The van der Waals surface area contributed by atoms with Gasteiger partial charge in [-0.1, -0.05) is 32.5 Å². The van der Waals surface area contributed by atoms with E-state index in [2.05, 4.69) is 16.7 Å². The molecular formula is C13H26N4OS. The van der Waals surface area contributed by atoms with Crippen LogP contribution in [0.5, 0.6) is 0 Å². The highest BCUT2D eigenvalue weighted by Gasteiger charge is 2.29. The van der Waals surface area contributed by atoms with Gasteiger partial charge in [-0.2, -0.15) is 0 Å². The van der Waals surface area contributed by atoms with Crippen molar-refractivity contribution < 1.29 is 4.79 Å².